The Morgan fingerprint density at radius 3 is 2.80 bits per heavy atom. The van der Waals surface area contributed by atoms with Gasteiger partial charge in [0.25, 0.3) is 0 Å². The van der Waals surface area contributed by atoms with Crippen LogP contribution < -0.4 is 5.32 Å². The number of nitrogens with zero attached hydrogens (tertiary/aromatic N) is 2. The number of aryl methyl sites for hydroxylation is 2. The first-order chi connectivity index (χ1) is 4.74. The molecule has 0 fully saturated rings. The molecule has 0 saturated heterocycles. The highest BCUT2D eigenvalue weighted by Crippen LogP contribution is 2.06. The van der Waals surface area contributed by atoms with Gasteiger partial charge in [0, 0.05) is 19.7 Å². The summed E-state index contributed by atoms with van der Waals surface area (Å²) in [6, 6.07) is 2.03. The zero-order chi connectivity index (χ0) is 7.56. The van der Waals surface area contributed by atoms with E-state index in [0.717, 1.165) is 18.1 Å². The van der Waals surface area contributed by atoms with Crippen molar-refractivity contribution >= 4 is 5.82 Å². The lowest BCUT2D eigenvalue weighted by Crippen LogP contribution is -2.02. The van der Waals surface area contributed by atoms with E-state index in [9.17, 15) is 0 Å². The molecule has 10 heavy (non-hydrogen) atoms. The second-order valence-corrected chi connectivity index (χ2v) is 2.32. The number of nitrogens with one attached hydrogen (secondary N) is 1. The van der Waals surface area contributed by atoms with Gasteiger partial charge in [-0.05, 0) is 13.8 Å². The first-order valence-electron chi connectivity index (χ1n) is 3.48. The zero-order valence-corrected chi connectivity index (χ0v) is 6.68. The molecule has 1 N–H and O–H groups in total. The third-order valence-electron chi connectivity index (χ3n) is 1.36. The van der Waals surface area contributed by atoms with Crippen molar-refractivity contribution < 1.29 is 0 Å². The Balaban J connectivity index is 2.81. The van der Waals surface area contributed by atoms with Crippen LogP contribution in [0.25, 0.3) is 0 Å². The Bertz CT molecular complexity index is 215. The minimum absolute atomic E-state index is 0.943. The molecule has 1 rings (SSSR count). The molecular weight excluding hydrogens is 126 g/mol. The van der Waals surface area contributed by atoms with Crippen molar-refractivity contribution in [1.82, 2.24) is 9.78 Å². The summed E-state index contributed by atoms with van der Waals surface area (Å²) in [5.41, 5.74) is 1.05. The average Bonchev–Trinajstić information content (AvgIpc) is 2.13. The number of hydrogen-bond acceptors (Lipinski definition) is 2. The second-order valence-electron chi connectivity index (χ2n) is 2.32. The van der Waals surface area contributed by atoms with Crippen molar-refractivity contribution in [3.63, 3.8) is 0 Å². The average molecular weight is 139 g/mol. The first-order valence-corrected chi connectivity index (χ1v) is 3.48. The van der Waals surface area contributed by atoms with E-state index in [0.29, 0.717) is 0 Å². The predicted octanol–water partition coefficient (Wildman–Crippen LogP) is 1.16. The topological polar surface area (TPSA) is 29.9 Å². The third kappa shape index (κ3) is 1.29. The summed E-state index contributed by atoms with van der Waals surface area (Å²) in [5, 5.41) is 7.38. The Labute approximate surface area is 61.0 Å². The van der Waals surface area contributed by atoms with Crippen LogP contribution in [0.3, 0.4) is 0 Å². The van der Waals surface area contributed by atoms with Crippen LogP contribution in [-0.2, 0) is 7.05 Å². The summed E-state index contributed by atoms with van der Waals surface area (Å²) in [6.45, 7) is 5.00. The summed E-state index contributed by atoms with van der Waals surface area (Å²) < 4.78 is 1.85. The van der Waals surface area contributed by atoms with Crippen LogP contribution in [-0.4, -0.2) is 16.3 Å². The molecule has 0 aliphatic carbocycles. The van der Waals surface area contributed by atoms with Crippen LogP contribution in [0.15, 0.2) is 6.07 Å². The lowest BCUT2D eigenvalue weighted by atomic mass is 10.5. The van der Waals surface area contributed by atoms with Gasteiger partial charge in [0.1, 0.15) is 5.82 Å². The number of aromatic nitrogens is 2. The molecule has 3 heteroatoms. The van der Waals surface area contributed by atoms with E-state index in [1.54, 1.807) is 0 Å². The molecule has 0 radical (unpaired) electrons. The van der Waals surface area contributed by atoms with Crippen molar-refractivity contribution in [2.45, 2.75) is 13.8 Å². The fraction of sp³-hybridized carbons (Fsp3) is 0.571. The summed E-state index contributed by atoms with van der Waals surface area (Å²) in [7, 11) is 1.94. The molecule has 0 aromatic carbocycles. The normalized spacial score (nSPS) is 9.90. The quantitative estimate of drug-likeness (QED) is 0.666. The molecule has 56 valence electrons. The Hall–Kier alpha value is -0.990. The molecule has 0 amide bonds. The van der Waals surface area contributed by atoms with E-state index in [4.69, 9.17) is 0 Å². The Morgan fingerprint density at radius 2 is 2.40 bits per heavy atom. The van der Waals surface area contributed by atoms with Gasteiger partial charge in [-0.15, -0.1) is 0 Å². The standard InChI is InChI=1S/C7H13N3/c1-4-8-7-5-6(2)9-10(7)3/h5,8H,4H2,1-3H3. The van der Waals surface area contributed by atoms with Crippen molar-refractivity contribution in [2.75, 3.05) is 11.9 Å². The highest BCUT2D eigenvalue weighted by atomic mass is 15.3. The van der Waals surface area contributed by atoms with Gasteiger partial charge in [-0.25, -0.2) is 0 Å². The maximum Gasteiger partial charge on any atom is 0.124 e. The molecule has 0 aliphatic heterocycles. The molecule has 3 nitrogen and oxygen atoms in total. The fourth-order valence-electron chi connectivity index (χ4n) is 0.957. The first kappa shape index (κ1) is 7.12. The monoisotopic (exact) mass is 139 g/mol. The summed E-state index contributed by atoms with van der Waals surface area (Å²) in [5.74, 6) is 1.08. The van der Waals surface area contributed by atoms with Crippen LogP contribution in [0.4, 0.5) is 5.82 Å². The molecule has 0 spiro atoms. The summed E-state index contributed by atoms with van der Waals surface area (Å²) in [4.78, 5) is 0. The van der Waals surface area contributed by atoms with E-state index in [1.807, 2.05) is 24.7 Å². The molecule has 0 atom stereocenters. The summed E-state index contributed by atoms with van der Waals surface area (Å²) >= 11 is 0. The van der Waals surface area contributed by atoms with Crippen LogP contribution in [0.1, 0.15) is 12.6 Å². The van der Waals surface area contributed by atoms with Crippen LogP contribution >= 0.6 is 0 Å². The minimum atomic E-state index is 0.943. The molecule has 0 unspecified atom stereocenters. The minimum Gasteiger partial charge on any atom is -0.371 e. The van der Waals surface area contributed by atoms with Crippen LogP contribution in [0.5, 0.6) is 0 Å². The molecule has 1 aromatic rings. The highest BCUT2D eigenvalue weighted by Gasteiger charge is 1.97. The molecule has 0 saturated carbocycles. The van der Waals surface area contributed by atoms with E-state index >= 15 is 0 Å². The van der Waals surface area contributed by atoms with E-state index in [1.165, 1.54) is 0 Å². The molecule has 1 aromatic heterocycles. The van der Waals surface area contributed by atoms with Gasteiger partial charge in [-0.2, -0.15) is 5.10 Å². The Kier molecular flexibility index (Phi) is 1.94. The van der Waals surface area contributed by atoms with Crippen LogP contribution in [0, 0.1) is 6.92 Å². The predicted molar refractivity (Wildman–Crippen MR) is 42.1 cm³/mol. The van der Waals surface area contributed by atoms with Gasteiger partial charge in [-0.3, -0.25) is 4.68 Å². The maximum absolute atomic E-state index is 4.18. The van der Waals surface area contributed by atoms with Gasteiger partial charge < -0.3 is 5.32 Å². The van der Waals surface area contributed by atoms with E-state index < -0.39 is 0 Å². The van der Waals surface area contributed by atoms with Gasteiger partial charge >= 0.3 is 0 Å². The molecule has 0 aliphatic rings. The Morgan fingerprint density at radius 1 is 1.70 bits per heavy atom. The van der Waals surface area contributed by atoms with Crippen molar-refractivity contribution in [3.05, 3.63) is 11.8 Å². The van der Waals surface area contributed by atoms with Crippen LogP contribution in [0.2, 0.25) is 0 Å². The maximum atomic E-state index is 4.18. The van der Waals surface area contributed by atoms with Gasteiger partial charge in [0.15, 0.2) is 0 Å². The van der Waals surface area contributed by atoms with Gasteiger partial charge in [-0.1, -0.05) is 0 Å². The number of rotatable bonds is 2. The second kappa shape index (κ2) is 2.73. The van der Waals surface area contributed by atoms with Gasteiger partial charge in [0.05, 0.1) is 5.69 Å². The lowest BCUT2D eigenvalue weighted by Gasteiger charge is -2.00. The van der Waals surface area contributed by atoms with Crippen molar-refractivity contribution in [1.29, 1.82) is 0 Å². The zero-order valence-electron chi connectivity index (χ0n) is 6.68. The number of anilines is 1. The smallest absolute Gasteiger partial charge is 0.124 e. The molecular formula is C7H13N3. The summed E-state index contributed by atoms with van der Waals surface area (Å²) in [6.07, 6.45) is 0. The largest absolute Gasteiger partial charge is 0.371 e. The fourth-order valence-corrected chi connectivity index (χ4v) is 0.957. The lowest BCUT2D eigenvalue weighted by molar-refractivity contribution is 0.760. The third-order valence-corrected chi connectivity index (χ3v) is 1.36. The highest BCUT2D eigenvalue weighted by molar-refractivity contribution is 5.36. The molecule has 1 heterocycles. The van der Waals surface area contributed by atoms with E-state index in [-0.39, 0.29) is 0 Å². The van der Waals surface area contributed by atoms with Gasteiger partial charge in [0.2, 0.25) is 0 Å². The SMILES string of the molecule is CCNc1cc(C)nn1C. The van der Waals surface area contributed by atoms with Crippen molar-refractivity contribution in [2.24, 2.45) is 7.05 Å². The van der Waals surface area contributed by atoms with E-state index in [2.05, 4.69) is 17.3 Å². The number of hydrogen-bond donors (Lipinski definition) is 1. The molecule has 0 bridgehead atoms. The van der Waals surface area contributed by atoms with Crippen molar-refractivity contribution in [3.8, 4) is 0 Å².